The van der Waals surface area contributed by atoms with Crippen molar-refractivity contribution in [3.8, 4) is 0 Å². The number of halogens is 1. The van der Waals surface area contributed by atoms with Gasteiger partial charge in [-0.3, -0.25) is 4.99 Å². The van der Waals surface area contributed by atoms with Crippen molar-refractivity contribution >= 4 is 41.7 Å². The monoisotopic (exact) mass is 423 g/mol. The first-order valence-corrected chi connectivity index (χ1v) is 8.32. The molecule has 6 heteroatoms. The second kappa shape index (κ2) is 12.1. The lowest BCUT2D eigenvalue weighted by molar-refractivity contribution is 0.187. The Labute approximate surface area is 149 Å². The smallest absolute Gasteiger partial charge is 0.191 e. The molecule has 4 nitrogen and oxygen atoms in total. The molecule has 0 heterocycles. The second-order valence-corrected chi connectivity index (χ2v) is 5.55. The van der Waals surface area contributed by atoms with Crippen LogP contribution in [0.15, 0.2) is 29.3 Å². The summed E-state index contributed by atoms with van der Waals surface area (Å²) in [5.74, 6) is 1.79. The van der Waals surface area contributed by atoms with Crippen LogP contribution in [0, 0.1) is 6.92 Å². The van der Waals surface area contributed by atoms with E-state index in [-0.39, 0.29) is 24.0 Å². The predicted octanol–water partition coefficient (Wildman–Crippen LogP) is 2.56. The Morgan fingerprint density at radius 1 is 1.29 bits per heavy atom. The molecule has 120 valence electrons. The number of benzene rings is 1. The predicted molar refractivity (Wildman–Crippen MR) is 104 cm³/mol. The summed E-state index contributed by atoms with van der Waals surface area (Å²) in [6.07, 6.45) is 1.51. The van der Waals surface area contributed by atoms with Gasteiger partial charge in [-0.05, 0) is 25.7 Å². The van der Waals surface area contributed by atoms with Crippen molar-refractivity contribution in [2.75, 3.05) is 31.6 Å². The summed E-state index contributed by atoms with van der Waals surface area (Å²) in [4.78, 5) is 4.42. The molecular weight excluding hydrogens is 397 g/mol. The van der Waals surface area contributed by atoms with Gasteiger partial charge in [0.1, 0.15) is 0 Å². The highest BCUT2D eigenvalue weighted by molar-refractivity contribution is 14.0. The number of thioether (sulfide) groups is 1. The molecule has 0 saturated carbocycles. The highest BCUT2D eigenvalue weighted by atomic mass is 127. The van der Waals surface area contributed by atoms with E-state index >= 15 is 0 Å². The minimum absolute atomic E-state index is 0. The summed E-state index contributed by atoms with van der Waals surface area (Å²) in [5.41, 5.74) is 2.09. The lowest BCUT2D eigenvalue weighted by atomic mass is 10.1. The van der Waals surface area contributed by atoms with Gasteiger partial charge < -0.3 is 15.7 Å². The van der Waals surface area contributed by atoms with Gasteiger partial charge >= 0.3 is 0 Å². The standard InChI is InChI=1S/C15H25N3OS.HI/c1-4-16-15(17-9-10-20-3)18-11-14(19)13-7-5-12(2)6-8-13;/h5-8,14,19H,4,9-11H2,1-3H3,(H2,16,17,18);1H. The van der Waals surface area contributed by atoms with Crippen LogP contribution in [0.25, 0.3) is 0 Å². The summed E-state index contributed by atoms with van der Waals surface area (Å²) in [6, 6.07) is 7.90. The molecule has 0 radical (unpaired) electrons. The SMILES string of the molecule is CCNC(=NCC(O)c1ccc(C)cc1)NCCSC.I. The van der Waals surface area contributed by atoms with Crippen molar-refractivity contribution in [1.29, 1.82) is 0 Å². The number of aryl methyl sites for hydroxylation is 1. The number of guanidine groups is 1. The summed E-state index contributed by atoms with van der Waals surface area (Å²) < 4.78 is 0. The lowest BCUT2D eigenvalue weighted by Crippen LogP contribution is -2.38. The van der Waals surface area contributed by atoms with Crippen LogP contribution in [0.2, 0.25) is 0 Å². The van der Waals surface area contributed by atoms with Gasteiger partial charge in [0, 0.05) is 18.8 Å². The molecule has 0 aliphatic heterocycles. The molecule has 3 N–H and O–H groups in total. The van der Waals surface area contributed by atoms with E-state index in [2.05, 4.69) is 21.9 Å². The van der Waals surface area contributed by atoms with Gasteiger partial charge in [0.15, 0.2) is 5.96 Å². The largest absolute Gasteiger partial charge is 0.386 e. The quantitative estimate of drug-likeness (QED) is 0.273. The molecule has 1 unspecified atom stereocenters. The van der Waals surface area contributed by atoms with E-state index in [9.17, 15) is 5.11 Å². The van der Waals surface area contributed by atoms with Gasteiger partial charge in [0.2, 0.25) is 0 Å². The fourth-order valence-corrected chi connectivity index (χ4v) is 1.99. The molecule has 0 aliphatic rings. The Hall–Kier alpha value is -0.470. The summed E-state index contributed by atoms with van der Waals surface area (Å²) in [6.45, 7) is 6.10. The maximum absolute atomic E-state index is 10.1. The van der Waals surface area contributed by atoms with Crippen LogP contribution >= 0.6 is 35.7 Å². The minimum atomic E-state index is -0.563. The van der Waals surface area contributed by atoms with Crippen LogP contribution in [0.4, 0.5) is 0 Å². The Kier molecular flexibility index (Phi) is 11.8. The molecule has 0 saturated heterocycles. The van der Waals surface area contributed by atoms with Gasteiger partial charge in [0.05, 0.1) is 12.6 Å². The Balaban J connectivity index is 0.00000400. The first kappa shape index (κ1) is 20.5. The third kappa shape index (κ3) is 8.53. The van der Waals surface area contributed by atoms with Crippen LogP contribution in [-0.2, 0) is 0 Å². The third-order valence-corrected chi connectivity index (χ3v) is 3.44. The molecule has 1 rings (SSSR count). The van der Waals surface area contributed by atoms with Crippen molar-refractivity contribution in [3.63, 3.8) is 0 Å². The highest BCUT2D eigenvalue weighted by Crippen LogP contribution is 2.13. The Morgan fingerprint density at radius 2 is 1.95 bits per heavy atom. The molecule has 0 amide bonds. The zero-order valence-electron chi connectivity index (χ0n) is 12.9. The number of rotatable bonds is 7. The minimum Gasteiger partial charge on any atom is -0.386 e. The highest BCUT2D eigenvalue weighted by Gasteiger charge is 2.07. The summed E-state index contributed by atoms with van der Waals surface area (Å²) >= 11 is 1.79. The number of hydrogen-bond donors (Lipinski definition) is 3. The van der Waals surface area contributed by atoms with Gasteiger partial charge in [-0.2, -0.15) is 11.8 Å². The van der Waals surface area contributed by atoms with Gasteiger partial charge in [-0.1, -0.05) is 29.8 Å². The number of nitrogens with zero attached hydrogens (tertiary/aromatic N) is 1. The van der Waals surface area contributed by atoms with Crippen LogP contribution < -0.4 is 10.6 Å². The number of aliphatic hydroxyl groups excluding tert-OH is 1. The van der Waals surface area contributed by atoms with Crippen molar-refractivity contribution in [2.45, 2.75) is 20.0 Å². The average molecular weight is 423 g/mol. The summed E-state index contributed by atoms with van der Waals surface area (Å²) in [7, 11) is 0. The van der Waals surface area contributed by atoms with E-state index in [1.807, 2.05) is 38.1 Å². The van der Waals surface area contributed by atoms with Crippen molar-refractivity contribution < 1.29 is 5.11 Å². The van der Waals surface area contributed by atoms with Crippen molar-refractivity contribution in [1.82, 2.24) is 10.6 Å². The molecule has 1 aromatic rings. The number of hydrogen-bond acceptors (Lipinski definition) is 3. The molecule has 1 atom stereocenters. The van der Waals surface area contributed by atoms with E-state index in [0.29, 0.717) is 6.54 Å². The van der Waals surface area contributed by atoms with E-state index < -0.39 is 6.10 Å². The van der Waals surface area contributed by atoms with E-state index in [1.54, 1.807) is 11.8 Å². The lowest BCUT2D eigenvalue weighted by Gasteiger charge is -2.13. The Morgan fingerprint density at radius 3 is 2.52 bits per heavy atom. The molecule has 0 aromatic heterocycles. The van der Waals surface area contributed by atoms with Crippen LogP contribution in [0.5, 0.6) is 0 Å². The second-order valence-electron chi connectivity index (χ2n) is 4.57. The van der Waals surface area contributed by atoms with Crippen LogP contribution in [0.3, 0.4) is 0 Å². The molecule has 0 bridgehead atoms. The first-order valence-electron chi connectivity index (χ1n) is 6.93. The normalized spacial score (nSPS) is 12.5. The number of nitrogens with one attached hydrogen (secondary N) is 2. The fraction of sp³-hybridized carbons (Fsp3) is 0.533. The molecule has 0 fully saturated rings. The molecule has 21 heavy (non-hydrogen) atoms. The van der Waals surface area contributed by atoms with Crippen LogP contribution in [-0.4, -0.2) is 42.7 Å². The van der Waals surface area contributed by atoms with E-state index in [1.165, 1.54) is 5.56 Å². The van der Waals surface area contributed by atoms with Gasteiger partial charge in [-0.25, -0.2) is 0 Å². The molecule has 0 spiro atoms. The fourth-order valence-electron chi connectivity index (χ4n) is 1.69. The van der Waals surface area contributed by atoms with Crippen LogP contribution in [0.1, 0.15) is 24.2 Å². The van der Waals surface area contributed by atoms with Crippen molar-refractivity contribution in [3.05, 3.63) is 35.4 Å². The number of aliphatic imine (C=N–C) groups is 1. The maximum Gasteiger partial charge on any atom is 0.191 e. The average Bonchev–Trinajstić information content (AvgIpc) is 2.45. The van der Waals surface area contributed by atoms with Crippen molar-refractivity contribution in [2.24, 2.45) is 4.99 Å². The topological polar surface area (TPSA) is 56.7 Å². The summed E-state index contributed by atoms with van der Waals surface area (Å²) in [5, 5.41) is 16.6. The molecule has 0 aliphatic carbocycles. The first-order chi connectivity index (χ1) is 9.67. The Bertz CT molecular complexity index is 412. The molecule has 1 aromatic carbocycles. The zero-order chi connectivity index (χ0) is 14.8. The zero-order valence-corrected chi connectivity index (χ0v) is 16.1. The molecular formula is C15H26IN3OS. The third-order valence-electron chi connectivity index (χ3n) is 2.83. The van der Waals surface area contributed by atoms with E-state index in [4.69, 9.17) is 0 Å². The van der Waals surface area contributed by atoms with Gasteiger partial charge in [0.25, 0.3) is 0 Å². The number of aliphatic hydroxyl groups is 1. The van der Waals surface area contributed by atoms with Gasteiger partial charge in [-0.15, -0.1) is 24.0 Å². The van der Waals surface area contributed by atoms with E-state index in [0.717, 1.165) is 30.4 Å². The maximum atomic E-state index is 10.1.